The summed E-state index contributed by atoms with van der Waals surface area (Å²) in [6.07, 6.45) is 10.1. The third-order valence-electron chi connectivity index (χ3n) is 7.24. The lowest BCUT2D eigenvalue weighted by atomic mass is 10.1. The molecule has 1 saturated carbocycles. The number of thiophene rings is 1. The van der Waals surface area contributed by atoms with Crippen molar-refractivity contribution in [2.45, 2.75) is 57.3 Å². The summed E-state index contributed by atoms with van der Waals surface area (Å²) >= 11 is 1.97. The number of anilines is 1. The molecule has 0 radical (unpaired) electrons. The standard InChI is InChI=1S/C26H32N4S/c1-3-7-19(8-4-1)13-14-29-15-17-30(18-16-29)25-23-21-9-5-2-6-10-22(21)31-26(23)28-24(27-25)20-11-12-20/h1,3-4,7-8,20H,2,5-6,9-18H2. The lowest BCUT2D eigenvalue weighted by Gasteiger charge is -2.36. The van der Waals surface area contributed by atoms with Gasteiger partial charge >= 0.3 is 0 Å². The molecule has 2 aliphatic carbocycles. The van der Waals surface area contributed by atoms with Crippen LogP contribution in [0.15, 0.2) is 30.3 Å². The average Bonchev–Trinajstić information content (AvgIpc) is 3.64. The Labute approximate surface area is 189 Å². The fourth-order valence-corrected chi connectivity index (χ4v) is 6.46. The summed E-state index contributed by atoms with van der Waals surface area (Å²) in [5, 5.41) is 1.41. The molecule has 0 amide bonds. The molecule has 0 spiro atoms. The maximum Gasteiger partial charge on any atom is 0.141 e. The van der Waals surface area contributed by atoms with Gasteiger partial charge in [-0.05, 0) is 56.1 Å². The summed E-state index contributed by atoms with van der Waals surface area (Å²) in [4.78, 5) is 18.4. The second-order valence-electron chi connectivity index (χ2n) is 9.49. The largest absolute Gasteiger partial charge is 0.353 e. The number of aromatic nitrogens is 2. The molecule has 1 saturated heterocycles. The number of hydrogen-bond donors (Lipinski definition) is 0. The Hall–Kier alpha value is -1.98. The van der Waals surface area contributed by atoms with Crippen LogP contribution in [0.3, 0.4) is 0 Å². The molecule has 0 unspecified atom stereocenters. The zero-order valence-corrected chi connectivity index (χ0v) is 19.2. The van der Waals surface area contributed by atoms with Crippen LogP contribution >= 0.6 is 11.3 Å². The SMILES string of the molecule is c1ccc(CCN2CCN(c3nc(C4CC4)nc4sc5c(c34)CCCCC5)CC2)cc1. The molecule has 3 heterocycles. The van der Waals surface area contributed by atoms with E-state index in [1.54, 1.807) is 10.4 Å². The van der Waals surface area contributed by atoms with Crippen molar-refractivity contribution in [2.75, 3.05) is 37.6 Å². The molecule has 3 aliphatic rings. The second-order valence-corrected chi connectivity index (χ2v) is 10.6. The van der Waals surface area contributed by atoms with Gasteiger partial charge in [-0.25, -0.2) is 9.97 Å². The van der Waals surface area contributed by atoms with E-state index in [1.165, 1.54) is 66.5 Å². The molecule has 0 bridgehead atoms. The zero-order valence-electron chi connectivity index (χ0n) is 18.4. The third kappa shape index (κ3) is 4.10. The molecule has 2 fully saturated rings. The summed E-state index contributed by atoms with van der Waals surface area (Å²) in [6.45, 7) is 5.57. The molecule has 4 nitrogen and oxygen atoms in total. The summed E-state index contributed by atoms with van der Waals surface area (Å²) in [7, 11) is 0. The van der Waals surface area contributed by atoms with E-state index in [1.807, 2.05) is 11.3 Å². The van der Waals surface area contributed by atoms with E-state index in [0.29, 0.717) is 5.92 Å². The fourth-order valence-electron chi connectivity index (χ4n) is 5.20. The van der Waals surface area contributed by atoms with Crippen LogP contribution in [0.2, 0.25) is 0 Å². The van der Waals surface area contributed by atoms with Gasteiger partial charge in [-0.15, -0.1) is 11.3 Å². The van der Waals surface area contributed by atoms with Gasteiger partial charge in [-0.3, -0.25) is 4.90 Å². The van der Waals surface area contributed by atoms with E-state index in [4.69, 9.17) is 9.97 Å². The van der Waals surface area contributed by atoms with Crippen molar-refractivity contribution in [3.63, 3.8) is 0 Å². The van der Waals surface area contributed by atoms with Crippen molar-refractivity contribution in [2.24, 2.45) is 0 Å². The molecule has 0 N–H and O–H groups in total. The van der Waals surface area contributed by atoms with Crippen molar-refractivity contribution in [1.82, 2.24) is 14.9 Å². The average molecular weight is 433 g/mol. The van der Waals surface area contributed by atoms with Gasteiger partial charge in [-0.2, -0.15) is 0 Å². The minimum Gasteiger partial charge on any atom is -0.353 e. The molecule has 6 rings (SSSR count). The molecular formula is C26H32N4S. The van der Waals surface area contributed by atoms with Gasteiger partial charge in [0.1, 0.15) is 16.5 Å². The first-order valence-corrected chi connectivity index (χ1v) is 13.0. The quantitative estimate of drug-likeness (QED) is 0.519. The van der Waals surface area contributed by atoms with Crippen LogP contribution in [0.25, 0.3) is 10.2 Å². The van der Waals surface area contributed by atoms with E-state index < -0.39 is 0 Å². The summed E-state index contributed by atoms with van der Waals surface area (Å²) in [5.74, 6) is 2.98. The summed E-state index contributed by atoms with van der Waals surface area (Å²) < 4.78 is 0. The monoisotopic (exact) mass is 432 g/mol. The van der Waals surface area contributed by atoms with Crippen LogP contribution in [-0.4, -0.2) is 47.6 Å². The molecule has 162 valence electrons. The zero-order chi connectivity index (χ0) is 20.6. The van der Waals surface area contributed by atoms with Gasteiger partial charge in [-0.1, -0.05) is 36.8 Å². The van der Waals surface area contributed by atoms with Crippen molar-refractivity contribution in [3.8, 4) is 0 Å². The van der Waals surface area contributed by atoms with Crippen LogP contribution < -0.4 is 4.90 Å². The molecule has 0 atom stereocenters. The lowest BCUT2D eigenvalue weighted by molar-refractivity contribution is 0.260. The Morgan fingerprint density at radius 3 is 2.52 bits per heavy atom. The predicted octanol–water partition coefficient (Wildman–Crippen LogP) is 5.20. The number of piperazine rings is 1. The Morgan fingerprint density at radius 2 is 1.71 bits per heavy atom. The Kier molecular flexibility index (Phi) is 5.41. The molecular weight excluding hydrogens is 400 g/mol. The van der Waals surface area contributed by atoms with Crippen molar-refractivity contribution < 1.29 is 0 Å². The van der Waals surface area contributed by atoms with Crippen molar-refractivity contribution in [3.05, 3.63) is 52.2 Å². The highest BCUT2D eigenvalue weighted by molar-refractivity contribution is 7.19. The summed E-state index contributed by atoms with van der Waals surface area (Å²) in [5.41, 5.74) is 3.03. The van der Waals surface area contributed by atoms with Crippen LogP contribution in [0, 0.1) is 0 Å². The highest BCUT2D eigenvalue weighted by Crippen LogP contribution is 2.44. The minimum atomic E-state index is 0.609. The maximum absolute atomic E-state index is 5.22. The fraction of sp³-hybridized carbons (Fsp3) is 0.538. The molecule has 31 heavy (non-hydrogen) atoms. The van der Waals surface area contributed by atoms with Gasteiger partial charge in [0.25, 0.3) is 0 Å². The van der Waals surface area contributed by atoms with Gasteiger partial charge in [0.2, 0.25) is 0 Å². The maximum atomic E-state index is 5.22. The van der Waals surface area contributed by atoms with Crippen LogP contribution in [0.4, 0.5) is 5.82 Å². The Bertz CT molecular complexity index is 1050. The number of aryl methyl sites for hydroxylation is 2. The van der Waals surface area contributed by atoms with Crippen LogP contribution in [0.5, 0.6) is 0 Å². The van der Waals surface area contributed by atoms with Gasteiger partial charge in [0.05, 0.1) is 5.39 Å². The van der Waals surface area contributed by atoms with E-state index in [2.05, 4.69) is 40.1 Å². The van der Waals surface area contributed by atoms with Gasteiger partial charge in [0, 0.05) is 43.5 Å². The first kappa shape index (κ1) is 19.7. The van der Waals surface area contributed by atoms with E-state index >= 15 is 0 Å². The number of hydrogen-bond acceptors (Lipinski definition) is 5. The predicted molar refractivity (Wildman–Crippen MR) is 129 cm³/mol. The first-order chi connectivity index (χ1) is 15.3. The Morgan fingerprint density at radius 1 is 0.903 bits per heavy atom. The minimum absolute atomic E-state index is 0.609. The second kappa shape index (κ2) is 8.51. The smallest absolute Gasteiger partial charge is 0.141 e. The highest BCUT2D eigenvalue weighted by Gasteiger charge is 2.31. The first-order valence-electron chi connectivity index (χ1n) is 12.2. The molecule has 1 aromatic carbocycles. The van der Waals surface area contributed by atoms with E-state index in [9.17, 15) is 0 Å². The van der Waals surface area contributed by atoms with E-state index in [-0.39, 0.29) is 0 Å². The Balaban J connectivity index is 1.24. The van der Waals surface area contributed by atoms with Crippen molar-refractivity contribution in [1.29, 1.82) is 0 Å². The molecule has 5 heteroatoms. The van der Waals surface area contributed by atoms with Gasteiger partial charge < -0.3 is 4.90 Å². The topological polar surface area (TPSA) is 32.3 Å². The highest BCUT2D eigenvalue weighted by atomic mass is 32.1. The van der Waals surface area contributed by atoms with E-state index in [0.717, 1.165) is 45.0 Å². The number of nitrogens with zero attached hydrogens (tertiary/aromatic N) is 4. The molecule has 3 aromatic rings. The summed E-state index contributed by atoms with van der Waals surface area (Å²) in [6, 6.07) is 10.9. The van der Waals surface area contributed by atoms with Crippen LogP contribution in [-0.2, 0) is 19.3 Å². The normalized spacial score (nSPS) is 20.1. The number of rotatable bonds is 5. The molecule has 1 aliphatic heterocycles. The lowest BCUT2D eigenvalue weighted by Crippen LogP contribution is -2.47. The molecule has 2 aromatic heterocycles. The van der Waals surface area contributed by atoms with Crippen LogP contribution in [0.1, 0.15) is 59.9 Å². The number of benzene rings is 1. The number of fused-ring (bicyclic) bond motifs is 3. The van der Waals surface area contributed by atoms with Crippen molar-refractivity contribution >= 4 is 27.4 Å². The third-order valence-corrected chi connectivity index (χ3v) is 8.42. The van der Waals surface area contributed by atoms with Gasteiger partial charge in [0.15, 0.2) is 0 Å².